The van der Waals surface area contributed by atoms with Gasteiger partial charge in [0.2, 0.25) is 0 Å². The maximum absolute atomic E-state index is 13.9. The number of carboxylic acids is 1. The van der Waals surface area contributed by atoms with Gasteiger partial charge in [0.15, 0.2) is 6.04 Å². The van der Waals surface area contributed by atoms with Crippen LogP contribution in [0.1, 0.15) is 58.9 Å². The minimum atomic E-state index is -1.39. The predicted molar refractivity (Wildman–Crippen MR) is 139 cm³/mol. The summed E-state index contributed by atoms with van der Waals surface area (Å²) in [7, 11) is 0. The fourth-order valence-corrected chi connectivity index (χ4v) is 4.71. The van der Waals surface area contributed by atoms with Crippen molar-refractivity contribution in [3.05, 3.63) is 97.6 Å². The molecule has 0 saturated heterocycles. The molecule has 1 heterocycles. The molecule has 4 rings (SSSR count). The summed E-state index contributed by atoms with van der Waals surface area (Å²) in [5.74, 6) is -2.02. The number of nitrogens with one attached hydrogen (secondary N) is 1. The molecule has 0 saturated carbocycles. The molecule has 0 spiro atoms. The van der Waals surface area contributed by atoms with E-state index in [1.807, 2.05) is 26.0 Å². The van der Waals surface area contributed by atoms with Crippen LogP contribution >= 0.6 is 34.2 Å². The van der Waals surface area contributed by atoms with Gasteiger partial charge in [-0.3, -0.25) is 9.59 Å². The lowest BCUT2D eigenvalue weighted by atomic mass is 9.95. The number of carbonyl (C=O) groups is 3. The van der Waals surface area contributed by atoms with Crippen molar-refractivity contribution in [2.24, 2.45) is 0 Å². The molecule has 0 radical (unpaired) electrons. The lowest BCUT2D eigenvalue weighted by molar-refractivity contribution is -0.144. The second-order valence-electron chi connectivity index (χ2n) is 8.41. The van der Waals surface area contributed by atoms with Crippen LogP contribution in [-0.4, -0.2) is 27.8 Å². The van der Waals surface area contributed by atoms with Gasteiger partial charge in [-0.25, -0.2) is 4.79 Å². The SMILES string of the molecule is CC(C)c1ccc([C@@H](C(=O)O)N2C(=O)c3cc(I)ccc3NC(=O)[C@@H]2c2ccc(Cl)cc2)cc1. The number of carboxylic acid groups (broad SMARTS) is 1. The fraction of sp³-hybridized carbons (Fsp3) is 0.192. The number of nitrogens with zero attached hydrogens (tertiary/aromatic N) is 1. The van der Waals surface area contributed by atoms with Gasteiger partial charge in [-0.05, 0) is 75.5 Å². The largest absolute Gasteiger partial charge is 0.479 e. The third kappa shape index (κ3) is 4.67. The van der Waals surface area contributed by atoms with Crippen molar-refractivity contribution >= 4 is 57.7 Å². The Morgan fingerprint density at radius 1 is 1.00 bits per heavy atom. The molecular weight excluding hydrogens is 567 g/mol. The van der Waals surface area contributed by atoms with Crippen molar-refractivity contribution in [2.45, 2.75) is 31.8 Å². The molecule has 174 valence electrons. The molecule has 3 aromatic rings. The zero-order valence-electron chi connectivity index (χ0n) is 18.5. The van der Waals surface area contributed by atoms with Crippen LogP contribution in [0.15, 0.2) is 66.7 Å². The second kappa shape index (κ2) is 9.76. The van der Waals surface area contributed by atoms with E-state index in [2.05, 4.69) is 27.9 Å². The minimum absolute atomic E-state index is 0.238. The van der Waals surface area contributed by atoms with Gasteiger partial charge in [0, 0.05) is 8.59 Å². The molecule has 34 heavy (non-hydrogen) atoms. The Morgan fingerprint density at radius 2 is 1.62 bits per heavy atom. The lowest BCUT2D eigenvalue weighted by Crippen LogP contribution is -2.44. The van der Waals surface area contributed by atoms with Gasteiger partial charge >= 0.3 is 5.97 Å². The summed E-state index contributed by atoms with van der Waals surface area (Å²) in [6.07, 6.45) is 0. The first kappa shape index (κ1) is 24.2. The number of hydrogen-bond donors (Lipinski definition) is 2. The molecule has 6 nitrogen and oxygen atoms in total. The zero-order chi connectivity index (χ0) is 24.6. The van der Waals surface area contributed by atoms with E-state index in [1.165, 1.54) is 0 Å². The van der Waals surface area contributed by atoms with Crippen molar-refractivity contribution in [3.63, 3.8) is 0 Å². The lowest BCUT2D eigenvalue weighted by Gasteiger charge is -2.34. The summed E-state index contributed by atoms with van der Waals surface area (Å²) >= 11 is 8.13. The van der Waals surface area contributed by atoms with Crippen molar-refractivity contribution in [2.75, 3.05) is 5.32 Å². The first-order valence-electron chi connectivity index (χ1n) is 10.7. The molecule has 1 aliphatic heterocycles. The van der Waals surface area contributed by atoms with E-state index in [9.17, 15) is 19.5 Å². The summed E-state index contributed by atoms with van der Waals surface area (Å²) in [5.41, 5.74) is 2.49. The average molecular weight is 589 g/mol. The number of hydrogen-bond acceptors (Lipinski definition) is 3. The summed E-state index contributed by atoms with van der Waals surface area (Å²) in [6.45, 7) is 4.09. The number of halogens is 2. The summed E-state index contributed by atoms with van der Waals surface area (Å²) < 4.78 is 0.789. The fourth-order valence-electron chi connectivity index (χ4n) is 4.09. The highest BCUT2D eigenvalue weighted by Crippen LogP contribution is 2.38. The third-order valence-electron chi connectivity index (χ3n) is 5.85. The van der Waals surface area contributed by atoms with E-state index in [1.54, 1.807) is 54.6 Å². The van der Waals surface area contributed by atoms with Gasteiger partial charge < -0.3 is 15.3 Å². The number of amides is 2. The molecule has 3 aromatic carbocycles. The van der Waals surface area contributed by atoms with E-state index >= 15 is 0 Å². The van der Waals surface area contributed by atoms with Crippen LogP contribution in [-0.2, 0) is 9.59 Å². The van der Waals surface area contributed by atoms with Crippen molar-refractivity contribution in [3.8, 4) is 0 Å². The maximum Gasteiger partial charge on any atom is 0.331 e. The Balaban J connectivity index is 1.93. The van der Waals surface area contributed by atoms with Crippen LogP contribution in [0.4, 0.5) is 5.69 Å². The van der Waals surface area contributed by atoms with E-state index < -0.39 is 29.9 Å². The monoisotopic (exact) mass is 588 g/mol. The quantitative estimate of drug-likeness (QED) is 0.357. The molecule has 0 fully saturated rings. The van der Waals surface area contributed by atoms with Crippen LogP contribution in [0.5, 0.6) is 0 Å². The van der Waals surface area contributed by atoms with Crippen LogP contribution in [0.3, 0.4) is 0 Å². The van der Waals surface area contributed by atoms with E-state index in [-0.39, 0.29) is 11.5 Å². The highest BCUT2D eigenvalue weighted by Gasteiger charge is 2.43. The molecule has 1 aliphatic rings. The van der Waals surface area contributed by atoms with Gasteiger partial charge in [-0.15, -0.1) is 0 Å². The summed E-state index contributed by atoms with van der Waals surface area (Å²) in [6, 6.07) is 16.1. The van der Waals surface area contributed by atoms with Crippen molar-refractivity contribution in [1.29, 1.82) is 0 Å². The first-order chi connectivity index (χ1) is 16.2. The van der Waals surface area contributed by atoms with Crippen LogP contribution in [0, 0.1) is 3.57 Å². The Bertz CT molecular complexity index is 1260. The molecule has 2 amide bonds. The topological polar surface area (TPSA) is 86.7 Å². The molecular formula is C26H22ClIN2O4. The molecule has 2 N–H and O–H groups in total. The van der Waals surface area contributed by atoms with E-state index in [4.69, 9.17) is 11.6 Å². The molecule has 0 unspecified atom stereocenters. The standard InChI is InChI=1S/C26H22ClIN2O4/c1-14(2)15-3-5-17(6-4-15)23(26(33)34)30-22(16-7-9-18(27)10-8-16)24(31)29-21-12-11-19(28)13-20(21)25(30)32/h3-14,22-23H,1-2H3,(H,29,31)(H,33,34)/t22-,23-/m0/s1. The van der Waals surface area contributed by atoms with Gasteiger partial charge in [0.25, 0.3) is 11.8 Å². The molecule has 0 aromatic heterocycles. The number of fused-ring (bicyclic) bond motifs is 1. The smallest absolute Gasteiger partial charge is 0.331 e. The zero-order valence-corrected chi connectivity index (χ0v) is 21.4. The highest BCUT2D eigenvalue weighted by atomic mass is 127. The average Bonchev–Trinajstić information content (AvgIpc) is 2.89. The van der Waals surface area contributed by atoms with Gasteiger partial charge in [-0.1, -0.05) is 61.8 Å². The summed E-state index contributed by atoms with van der Waals surface area (Å²) in [5, 5.41) is 13.6. The molecule has 0 aliphatic carbocycles. The normalized spacial score (nSPS) is 16.6. The van der Waals surface area contributed by atoms with Crippen LogP contribution in [0.25, 0.3) is 0 Å². The van der Waals surface area contributed by atoms with Crippen molar-refractivity contribution < 1.29 is 19.5 Å². The Hall–Kier alpha value is -2.91. The number of rotatable bonds is 5. The molecule has 0 bridgehead atoms. The highest BCUT2D eigenvalue weighted by molar-refractivity contribution is 14.1. The number of benzene rings is 3. The first-order valence-corrected chi connectivity index (χ1v) is 12.1. The minimum Gasteiger partial charge on any atom is -0.479 e. The van der Waals surface area contributed by atoms with Crippen LogP contribution < -0.4 is 5.32 Å². The van der Waals surface area contributed by atoms with E-state index in [0.29, 0.717) is 21.8 Å². The van der Waals surface area contributed by atoms with Crippen LogP contribution in [0.2, 0.25) is 5.02 Å². The predicted octanol–water partition coefficient (Wildman–Crippen LogP) is 6.03. The third-order valence-corrected chi connectivity index (χ3v) is 6.77. The number of carbonyl (C=O) groups excluding carboxylic acids is 2. The molecule has 8 heteroatoms. The second-order valence-corrected chi connectivity index (χ2v) is 10.1. The Labute approximate surface area is 216 Å². The van der Waals surface area contributed by atoms with Crippen molar-refractivity contribution in [1.82, 2.24) is 4.90 Å². The van der Waals surface area contributed by atoms with E-state index in [0.717, 1.165) is 14.0 Å². The Morgan fingerprint density at radius 3 is 2.21 bits per heavy atom. The maximum atomic E-state index is 13.9. The van der Waals surface area contributed by atoms with Gasteiger partial charge in [0.05, 0.1) is 11.3 Å². The number of anilines is 1. The summed E-state index contributed by atoms with van der Waals surface area (Å²) in [4.78, 5) is 41.2. The Kier molecular flexibility index (Phi) is 6.95. The van der Waals surface area contributed by atoms with Gasteiger partial charge in [0.1, 0.15) is 6.04 Å². The van der Waals surface area contributed by atoms with Gasteiger partial charge in [-0.2, -0.15) is 0 Å². The number of aliphatic carboxylic acids is 1. The molecule has 2 atom stereocenters.